The van der Waals surface area contributed by atoms with Gasteiger partial charge in [0.1, 0.15) is 0 Å². The highest BCUT2D eigenvalue weighted by molar-refractivity contribution is 5.34. The minimum Gasteiger partial charge on any atom is -0.358 e. The molecule has 54 valence electrons. The molecular weight excluding hydrogens is 126 g/mol. The molecule has 0 fully saturated rings. The van der Waals surface area contributed by atoms with Crippen molar-refractivity contribution in [2.45, 2.75) is 6.92 Å². The zero-order chi connectivity index (χ0) is 7.40. The Morgan fingerprint density at radius 2 is 2.40 bits per heavy atom. The summed E-state index contributed by atoms with van der Waals surface area (Å²) >= 11 is 0. The second-order valence-corrected chi connectivity index (χ2v) is 2.10. The molecule has 0 saturated heterocycles. The number of aromatic nitrogens is 2. The van der Waals surface area contributed by atoms with Crippen LogP contribution >= 0.6 is 0 Å². The summed E-state index contributed by atoms with van der Waals surface area (Å²) in [7, 11) is 1.99. The van der Waals surface area contributed by atoms with Crippen LogP contribution in [0.2, 0.25) is 0 Å². The summed E-state index contributed by atoms with van der Waals surface area (Å²) < 4.78 is 0. The molecule has 0 aliphatic carbocycles. The standard InChI is InChI=1S/C7H11N3/c1-3-10(2)7-5-4-6-8-9-7/h4-6H,3H2,1-2H3. The average molecular weight is 137 g/mol. The third kappa shape index (κ3) is 1.43. The van der Waals surface area contributed by atoms with Gasteiger partial charge < -0.3 is 4.90 Å². The Labute approximate surface area is 60.7 Å². The van der Waals surface area contributed by atoms with E-state index >= 15 is 0 Å². The summed E-state index contributed by atoms with van der Waals surface area (Å²) in [4.78, 5) is 2.03. The van der Waals surface area contributed by atoms with Crippen LogP contribution in [-0.2, 0) is 0 Å². The van der Waals surface area contributed by atoms with Crippen molar-refractivity contribution in [3.63, 3.8) is 0 Å². The summed E-state index contributed by atoms with van der Waals surface area (Å²) in [5, 5.41) is 7.69. The van der Waals surface area contributed by atoms with Gasteiger partial charge in [-0.15, -0.1) is 5.10 Å². The van der Waals surface area contributed by atoms with Crippen molar-refractivity contribution in [1.29, 1.82) is 0 Å². The van der Waals surface area contributed by atoms with Crippen LogP contribution in [0.4, 0.5) is 5.82 Å². The summed E-state index contributed by atoms with van der Waals surface area (Å²) in [5.41, 5.74) is 0. The Kier molecular flexibility index (Phi) is 2.20. The number of hydrogen-bond donors (Lipinski definition) is 0. The largest absolute Gasteiger partial charge is 0.358 e. The fourth-order valence-electron chi connectivity index (χ4n) is 0.659. The van der Waals surface area contributed by atoms with Crippen LogP contribution in [0.25, 0.3) is 0 Å². The lowest BCUT2D eigenvalue weighted by molar-refractivity contribution is 0.896. The topological polar surface area (TPSA) is 29.0 Å². The SMILES string of the molecule is CCN(C)c1cccnn1. The van der Waals surface area contributed by atoms with E-state index in [0.29, 0.717) is 0 Å². The first kappa shape index (κ1) is 6.99. The van der Waals surface area contributed by atoms with E-state index in [-0.39, 0.29) is 0 Å². The summed E-state index contributed by atoms with van der Waals surface area (Å²) in [6.07, 6.45) is 1.67. The second kappa shape index (κ2) is 3.15. The number of rotatable bonds is 2. The molecular formula is C7H11N3. The van der Waals surface area contributed by atoms with Gasteiger partial charge in [0.2, 0.25) is 0 Å². The van der Waals surface area contributed by atoms with Gasteiger partial charge in [0.05, 0.1) is 0 Å². The molecule has 3 nitrogen and oxygen atoms in total. The van der Waals surface area contributed by atoms with Gasteiger partial charge in [-0.1, -0.05) is 0 Å². The molecule has 0 aliphatic rings. The van der Waals surface area contributed by atoms with Crippen LogP contribution in [0.15, 0.2) is 18.3 Å². The molecule has 10 heavy (non-hydrogen) atoms. The van der Waals surface area contributed by atoms with Crippen molar-refractivity contribution in [2.24, 2.45) is 0 Å². The van der Waals surface area contributed by atoms with Gasteiger partial charge in [-0.2, -0.15) is 5.10 Å². The third-order valence-electron chi connectivity index (χ3n) is 1.42. The molecule has 0 unspecified atom stereocenters. The van der Waals surface area contributed by atoms with Crippen LogP contribution in [0.3, 0.4) is 0 Å². The molecule has 1 aromatic heterocycles. The Bertz CT molecular complexity index is 185. The first-order valence-corrected chi connectivity index (χ1v) is 3.33. The van der Waals surface area contributed by atoms with Gasteiger partial charge >= 0.3 is 0 Å². The predicted octanol–water partition coefficient (Wildman–Crippen LogP) is 0.933. The van der Waals surface area contributed by atoms with E-state index in [2.05, 4.69) is 17.1 Å². The molecule has 0 aliphatic heterocycles. The van der Waals surface area contributed by atoms with Gasteiger partial charge in [0.15, 0.2) is 5.82 Å². The van der Waals surface area contributed by atoms with Crippen molar-refractivity contribution in [2.75, 3.05) is 18.5 Å². The van der Waals surface area contributed by atoms with E-state index in [4.69, 9.17) is 0 Å². The second-order valence-electron chi connectivity index (χ2n) is 2.10. The number of nitrogens with zero attached hydrogens (tertiary/aromatic N) is 3. The Hall–Kier alpha value is -1.12. The normalized spacial score (nSPS) is 9.40. The Morgan fingerprint density at radius 3 is 2.90 bits per heavy atom. The highest BCUT2D eigenvalue weighted by Crippen LogP contribution is 2.02. The van der Waals surface area contributed by atoms with Crippen LogP contribution in [0.1, 0.15) is 6.92 Å². The fourth-order valence-corrected chi connectivity index (χ4v) is 0.659. The smallest absolute Gasteiger partial charge is 0.150 e. The molecule has 0 bridgehead atoms. The minimum atomic E-state index is 0.921. The van der Waals surface area contributed by atoms with Crippen molar-refractivity contribution in [3.05, 3.63) is 18.3 Å². The summed E-state index contributed by atoms with van der Waals surface area (Å²) in [5.74, 6) is 0.921. The lowest BCUT2D eigenvalue weighted by Gasteiger charge is -2.13. The van der Waals surface area contributed by atoms with E-state index in [1.54, 1.807) is 6.20 Å². The van der Waals surface area contributed by atoms with Crippen LogP contribution in [0, 0.1) is 0 Å². The third-order valence-corrected chi connectivity index (χ3v) is 1.42. The zero-order valence-corrected chi connectivity index (χ0v) is 6.28. The molecule has 0 saturated carbocycles. The van der Waals surface area contributed by atoms with Gasteiger partial charge in [-0.25, -0.2) is 0 Å². The van der Waals surface area contributed by atoms with E-state index in [1.165, 1.54) is 0 Å². The first-order valence-electron chi connectivity index (χ1n) is 3.33. The lowest BCUT2D eigenvalue weighted by Crippen LogP contribution is -2.17. The maximum absolute atomic E-state index is 3.93. The van der Waals surface area contributed by atoms with Crippen molar-refractivity contribution < 1.29 is 0 Å². The highest BCUT2D eigenvalue weighted by atomic mass is 15.2. The van der Waals surface area contributed by atoms with Crippen molar-refractivity contribution >= 4 is 5.82 Å². The van der Waals surface area contributed by atoms with Crippen LogP contribution < -0.4 is 4.90 Å². The fraction of sp³-hybridized carbons (Fsp3) is 0.429. The van der Waals surface area contributed by atoms with E-state index in [0.717, 1.165) is 12.4 Å². The van der Waals surface area contributed by atoms with Crippen LogP contribution in [-0.4, -0.2) is 23.8 Å². The zero-order valence-electron chi connectivity index (χ0n) is 6.28. The average Bonchev–Trinajstić information content (AvgIpc) is 2.05. The summed E-state index contributed by atoms with van der Waals surface area (Å²) in [6.45, 7) is 3.04. The van der Waals surface area contributed by atoms with Crippen molar-refractivity contribution in [1.82, 2.24) is 10.2 Å². The van der Waals surface area contributed by atoms with Gasteiger partial charge in [0.25, 0.3) is 0 Å². The molecule has 0 amide bonds. The van der Waals surface area contributed by atoms with Gasteiger partial charge in [-0.3, -0.25) is 0 Å². The molecule has 0 atom stereocenters. The highest BCUT2D eigenvalue weighted by Gasteiger charge is 1.95. The molecule has 1 rings (SSSR count). The molecule has 0 radical (unpaired) electrons. The van der Waals surface area contributed by atoms with Crippen LogP contribution in [0.5, 0.6) is 0 Å². The maximum Gasteiger partial charge on any atom is 0.150 e. The molecule has 0 spiro atoms. The molecule has 0 N–H and O–H groups in total. The van der Waals surface area contributed by atoms with Gasteiger partial charge in [-0.05, 0) is 19.1 Å². The number of anilines is 1. The first-order chi connectivity index (χ1) is 4.84. The molecule has 0 aromatic carbocycles. The van der Waals surface area contributed by atoms with Crippen molar-refractivity contribution in [3.8, 4) is 0 Å². The predicted molar refractivity (Wildman–Crippen MR) is 41.0 cm³/mol. The summed E-state index contributed by atoms with van der Waals surface area (Å²) in [6, 6.07) is 3.82. The lowest BCUT2D eigenvalue weighted by atomic mass is 10.5. The monoisotopic (exact) mass is 137 g/mol. The molecule has 3 heteroatoms. The molecule has 1 heterocycles. The van der Waals surface area contributed by atoms with E-state index < -0.39 is 0 Å². The van der Waals surface area contributed by atoms with Gasteiger partial charge in [0, 0.05) is 19.8 Å². The van der Waals surface area contributed by atoms with E-state index in [9.17, 15) is 0 Å². The number of hydrogen-bond acceptors (Lipinski definition) is 3. The minimum absolute atomic E-state index is 0.921. The Balaban J connectivity index is 2.75. The Morgan fingerprint density at radius 1 is 1.60 bits per heavy atom. The quantitative estimate of drug-likeness (QED) is 0.607. The molecule has 1 aromatic rings. The van der Waals surface area contributed by atoms with E-state index in [1.807, 2.05) is 24.1 Å². The maximum atomic E-state index is 3.93.